The highest BCUT2D eigenvalue weighted by Gasteiger charge is 2.20. The molecular formula is C21H25N5OS. The number of pyridine rings is 1. The molecule has 1 N–H and O–H groups in total. The van der Waals surface area contributed by atoms with Crippen molar-refractivity contribution in [1.29, 1.82) is 0 Å². The van der Waals surface area contributed by atoms with Crippen molar-refractivity contribution in [3.63, 3.8) is 0 Å². The molecular weight excluding hydrogens is 370 g/mol. The van der Waals surface area contributed by atoms with Crippen LogP contribution in [0.15, 0.2) is 53.9 Å². The van der Waals surface area contributed by atoms with E-state index in [0.29, 0.717) is 16.9 Å². The molecule has 0 atom stereocenters. The molecule has 0 saturated carbocycles. The fourth-order valence-corrected chi connectivity index (χ4v) is 3.69. The van der Waals surface area contributed by atoms with Crippen molar-refractivity contribution < 1.29 is 4.79 Å². The van der Waals surface area contributed by atoms with Crippen LogP contribution in [-0.4, -0.2) is 37.5 Å². The van der Waals surface area contributed by atoms with Gasteiger partial charge in [-0.2, -0.15) is 0 Å². The Morgan fingerprint density at radius 2 is 1.89 bits per heavy atom. The molecule has 1 aromatic carbocycles. The lowest BCUT2D eigenvalue weighted by atomic mass is 10.0. The molecule has 0 unspecified atom stereocenters. The second-order valence-electron chi connectivity index (χ2n) is 7.11. The molecule has 0 saturated heterocycles. The smallest absolute Gasteiger partial charge is 0.230 e. The van der Waals surface area contributed by atoms with E-state index in [1.165, 1.54) is 17.3 Å². The van der Waals surface area contributed by atoms with Crippen LogP contribution < -0.4 is 5.32 Å². The van der Waals surface area contributed by atoms with Crippen LogP contribution in [0.4, 0.5) is 0 Å². The Morgan fingerprint density at radius 3 is 2.57 bits per heavy atom. The van der Waals surface area contributed by atoms with E-state index in [0.717, 1.165) is 11.3 Å². The van der Waals surface area contributed by atoms with Gasteiger partial charge in [0.05, 0.1) is 11.4 Å². The molecule has 2 heterocycles. The predicted molar refractivity (Wildman–Crippen MR) is 113 cm³/mol. The second kappa shape index (κ2) is 9.01. The highest BCUT2D eigenvalue weighted by molar-refractivity contribution is 7.99. The fraction of sp³-hybridized carbons (Fsp3) is 0.333. The van der Waals surface area contributed by atoms with Gasteiger partial charge in [0, 0.05) is 24.0 Å². The van der Waals surface area contributed by atoms with Gasteiger partial charge in [0.2, 0.25) is 5.91 Å². The van der Waals surface area contributed by atoms with Gasteiger partial charge >= 0.3 is 0 Å². The zero-order valence-corrected chi connectivity index (χ0v) is 17.4. The summed E-state index contributed by atoms with van der Waals surface area (Å²) in [6.45, 7) is 8.22. The minimum atomic E-state index is -0.0189. The number of para-hydroxylation sites is 1. The van der Waals surface area contributed by atoms with Crippen LogP contribution in [0.3, 0.4) is 0 Å². The molecule has 0 radical (unpaired) electrons. The monoisotopic (exact) mass is 395 g/mol. The van der Waals surface area contributed by atoms with E-state index in [4.69, 9.17) is 0 Å². The number of carbonyl (C=O) groups is 1. The Balaban J connectivity index is 2.05. The van der Waals surface area contributed by atoms with Crippen LogP contribution in [0.2, 0.25) is 0 Å². The SMILES string of the molecule is CC(C)NC(=O)CSc1nnc(-c2cccnc2)n1-c1ccccc1C(C)C. The molecule has 3 rings (SSSR count). The van der Waals surface area contributed by atoms with Crippen molar-refractivity contribution in [3.05, 3.63) is 54.4 Å². The summed E-state index contributed by atoms with van der Waals surface area (Å²) >= 11 is 1.38. The van der Waals surface area contributed by atoms with Crippen LogP contribution in [0.1, 0.15) is 39.2 Å². The summed E-state index contributed by atoms with van der Waals surface area (Å²) in [5.74, 6) is 1.32. The zero-order chi connectivity index (χ0) is 20.1. The predicted octanol–water partition coefficient (Wildman–Crippen LogP) is 4.07. The van der Waals surface area contributed by atoms with Gasteiger partial charge in [0.25, 0.3) is 0 Å². The Bertz CT molecular complexity index is 937. The van der Waals surface area contributed by atoms with E-state index in [1.54, 1.807) is 12.4 Å². The molecule has 0 bridgehead atoms. The zero-order valence-electron chi connectivity index (χ0n) is 16.6. The Morgan fingerprint density at radius 1 is 1.11 bits per heavy atom. The first-order chi connectivity index (χ1) is 13.5. The molecule has 1 amide bonds. The maximum atomic E-state index is 12.1. The first-order valence-electron chi connectivity index (χ1n) is 9.34. The van der Waals surface area contributed by atoms with E-state index in [1.807, 2.05) is 42.7 Å². The normalized spacial score (nSPS) is 11.2. The molecule has 0 aliphatic carbocycles. The standard InChI is InChI=1S/C21H25N5OS/c1-14(2)17-9-5-6-10-18(17)26-20(16-8-7-11-22-12-16)24-25-21(26)28-13-19(27)23-15(3)4/h5-12,14-15H,13H2,1-4H3,(H,23,27). The molecule has 0 aliphatic heterocycles. The number of hydrogen-bond donors (Lipinski definition) is 1. The number of hydrogen-bond acceptors (Lipinski definition) is 5. The molecule has 0 spiro atoms. The maximum absolute atomic E-state index is 12.1. The van der Waals surface area contributed by atoms with Gasteiger partial charge < -0.3 is 5.32 Å². The van der Waals surface area contributed by atoms with E-state index in [-0.39, 0.29) is 17.7 Å². The van der Waals surface area contributed by atoms with Crippen LogP contribution in [0.5, 0.6) is 0 Å². The minimum absolute atomic E-state index is 0.0189. The lowest BCUT2D eigenvalue weighted by molar-refractivity contribution is -0.119. The lowest BCUT2D eigenvalue weighted by Crippen LogP contribution is -2.31. The van der Waals surface area contributed by atoms with Crippen LogP contribution in [0, 0.1) is 0 Å². The Hall–Kier alpha value is -2.67. The number of nitrogens with one attached hydrogen (secondary N) is 1. The third-order valence-electron chi connectivity index (χ3n) is 4.13. The fourth-order valence-electron chi connectivity index (χ4n) is 2.94. The van der Waals surface area contributed by atoms with E-state index < -0.39 is 0 Å². The highest BCUT2D eigenvalue weighted by Crippen LogP contribution is 2.31. The van der Waals surface area contributed by atoms with E-state index in [9.17, 15) is 4.79 Å². The molecule has 28 heavy (non-hydrogen) atoms. The first-order valence-corrected chi connectivity index (χ1v) is 10.3. The summed E-state index contributed by atoms with van der Waals surface area (Å²) in [7, 11) is 0. The number of nitrogens with zero attached hydrogens (tertiary/aromatic N) is 4. The Labute approximate surface area is 169 Å². The van der Waals surface area contributed by atoms with Crippen molar-refractivity contribution in [1.82, 2.24) is 25.1 Å². The van der Waals surface area contributed by atoms with Crippen molar-refractivity contribution in [2.24, 2.45) is 0 Å². The van der Waals surface area contributed by atoms with E-state index >= 15 is 0 Å². The van der Waals surface area contributed by atoms with Crippen LogP contribution in [0.25, 0.3) is 17.1 Å². The Kier molecular flexibility index (Phi) is 6.46. The summed E-state index contributed by atoms with van der Waals surface area (Å²) in [5.41, 5.74) is 3.10. The number of benzene rings is 1. The highest BCUT2D eigenvalue weighted by atomic mass is 32.2. The number of thioether (sulfide) groups is 1. The van der Waals surface area contributed by atoms with Gasteiger partial charge in [-0.25, -0.2) is 0 Å². The minimum Gasteiger partial charge on any atom is -0.353 e. The third-order valence-corrected chi connectivity index (χ3v) is 5.06. The second-order valence-corrected chi connectivity index (χ2v) is 8.05. The molecule has 6 nitrogen and oxygen atoms in total. The third kappa shape index (κ3) is 4.59. The largest absolute Gasteiger partial charge is 0.353 e. The van der Waals surface area contributed by atoms with Crippen molar-refractivity contribution in [3.8, 4) is 17.1 Å². The average Bonchev–Trinajstić information content (AvgIpc) is 3.10. The van der Waals surface area contributed by atoms with Gasteiger partial charge in [-0.15, -0.1) is 10.2 Å². The van der Waals surface area contributed by atoms with Crippen LogP contribution >= 0.6 is 11.8 Å². The summed E-state index contributed by atoms with van der Waals surface area (Å²) < 4.78 is 2.03. The van der Waals surface area contributed by atoms with Gasteiger partial charge in [-0.1, -0.05) is 43.8 Å². The quantitative estimate of drug-likeness (QED) is 0.611. The van der Waals surface area contributed by atoms with Crippen molar-refractivity contribution in [2.45, 2.75) is 44.8 Å². The summed E-state index contributed by atoms with van der Waals surface area (Å²) in [6, 6.07) is 12.2. The number of amides is 1. The van der Waals surface area contributed by atoms with Gasteiger partial charge in [0.15, 0.2) is 11.0 Å². The topological polar surface area (TPSA) is 72.7 Å². The lowest BCUT2D eigenvalue weighted by Gasteiger charge is -2.17. The number of rotatable bonds is 7. The van der Waals surface area contributed by atoms with Crippen molar-refractivity contribution >= 4 is 17.7 Å². The first kappa shape index (κ1) is 20.1. The van der Waals surface area contributed by atoms with Gasteiger partial charge in [0.1, 0.15) is 0 Å². The van der Waals surface area contributed by atoms with Crippen LogP contribution in [-0.2, 0) is 4.79 Å². The summed E-state index contributed by atoms with van der Waals surface area (Å²) in [6.07, 6.45) is 3.51. The molecule has 7 heteroatoms. The molecule has 0 fully saturated rings. The molecule has 146 valence electrons. The number of carbonyl (C=O) groups excluding carboxylic acids is 1. The van der Waals surface area contributed by atoms with Crippen molar-refractivity contribution in [2.75, 3.05) is 5.75 Å². The van der Waals surface area contributed by atoms with Gasteiger partial charge in [-0.05, 0) is 43.5 Å². The molecule has 3 aromatic rings. The number of aromatic nitrogens is 4. The van der Waals surface area contributed by atoms with E-state index in [2.05, 4.69) is 46.5 Å². The maximum Gasteiger partial charge on any atom is 0.230 e. The average molecular weight is 396 g/mol. The summed E-state index contributed by atoms with van der Waals surface area (Å²) in [4.78, 5) is 16.3. The summed E-state index contributed by atoms with van der Waals surface area (Å²) in [5, 5.41) is 12.4. The molecule has 2 aromatic heterocycles. The van der Waals surface area contributed by atoms with Gasteiger partial charge in [-0.3, -0.25) is 14.3 Å². The molecule has 0 aliphatic rings.